The van der Waals surface area contributed by atoms with Crippen LogP contribution in [0.5, 0.6) is 17.2 Å². The van der Waals surface area contributed by atoms with E-state index < -0.39 is 12.0 Å². The third kappa shape index (κ3) is 4.62. The number of hydrogen-bond acceptors (Lipinski definition) is 6. The number of carbonyl (C=O) groups is 2. The first kappa shape index (κ1) is 25.8. The van der Waals surface area contributed by atoms with Gasteiger partial charge in [0.25, 0.3) is 5.91 Å². The minimum absolute atomic E-state index is 0.0468. The number of likely N-dealkylation sites (N-methyl/N-ethyl adjacent to an activating group) is 1. The van der Waals surface area contributed by atoms with Crippen LogP contribution in [0.1, 0.15) is 53.7 Å². The fourth-order valence-electron chi connectivity index (χ4n) is 5.47. The quantitative estimate of drug-likeness (QED) is 0.558. The van der Waals surface area contributed by atoms with Crippen LogP contribution in [0.25, 0.3) is 0 Å². The molecule has 0 spiro atoms. The maximum absolute atomic E-state index is 14.3. The molecule has 8 heteroatoms. The summed E-state index contributed by atoms with van der Waals surface area (Å²) in [4.78, 5) is 34.2. The average Bonchev–Trinajstić information content (AvgIpc) is 2.93. The summed E-state index contributed by atoms with van der Waals surface area (Å²) in [5, 5.41) is 0. The second kappa shape index (κ2) is 11.2. The van der Waals surface area contributed by atoms with Gasteiger partial charge in [-0.1, -0.05) is 32.0 Å². The van der Waals surface area contributed by atoms with Gasteiger partial charge in [0.1, 0.15) is 0 Å². The van der Waals surface area contributed by atoms with Crippen molar-refractivity contribution in [2.75, 3.05) is 60.6 Å². The van der Waals surface area contributed by atoms with Crippen LogP contribution >= 0.6 is 0 Å². The first-order valence-corrected chi connectivity index (χ1v) is 12.7. The molecule has 0 bridgehead atoms. The number of benzene rings is 2. The molecule has 2 amide bonds. The van der Waals surface area contributed by atoms with Gasteiger partial charge in [-0.2, -0.15) is 0 Å². The van der Waals surface area contributed by atoms with Crippen molar-refractivity contribution in [1.29, 1.82) is 0 Å². The molecule has 2 aliphatic heterocycles. The number of nitrogens with zero attached hydrogens (tertiary/aromatic N) is 3. The van der Waals surface area contributed by atoms with Gasteiger partial charge < -0.3 is 28.9 Å². The van der Waals surface area contributed by atoms with Crippen LogP contribution in [0.2, 0.25) is 0 Å². The highest BCUT2D eigenvalue weighted by atomic mass is 16.5. The molecule has 0 aliphatic carbocycles. The SMILES string of the molecule is CCCN1C(=O)c2ccccc2C(C(=O)N2CCN(CC)CC2)C1c1cc(OC)c(OC)c(OC)c1. The van der Waals surface area contributed by atoms with Gasteiger partial charge in [0.15, 0.2) is 11.5 Å². The predicted octanol–water partition coefficient (Wildman–Crippen LogP) is 3.57. The number of ether oxygens (including phenoxy) is 3. The van der Waals surface area contributed by atoms with Crippen LogP contribution in [0.3, 0.4) is 0 Å². The number of piperazine rings is 1. The summed E-state index contributed by atoms with van der Waals surface area (Å²) < 4.78 is 16.8. The van der Waals surface area contributed by atoms with Gasteiger partial charge in [0, 0.05) is 38.3 Å². The van der Waals surface area contributed by atoms with Crippen LogP contribution in [0.4, 0.5) is 0 Å². The van der Waals surface area contributed by atoms with Crippen molar-refractivity contribution >= 4 is 11.8 Å². The fourth-order valence-corrected chi connectivity index (χ4v) is 5.47. The molecule has 2 heterocycles. The van der Waals surface area contributed by atoms with E-state index in [1.54, 1.807) is 21.3 Å². The van der Waals surface area contributed by atoms with Crippen LogP contribution < -0.4 is 14.2 Å². The molecule has 2 atom stereocenters. The van der Waals surface area contributed by atoms with E-state index in [1.165, 1.54) is 0 Å². The summed E-state index contributed by atoms with van der Waals surface area (Å²) in [5.74, 6) is 0.916. The Hall–Kier alpha value is -3.26. The Morgan fingerprint density at radius 1 is 0.944 bits per heavy atom. The Morgan fingerprint density at radius 2 is 1.58 bits per heavy atom. The monoisotopic (exact) mass is 495 g/mol. The van der Waals surface area contributed by atoms with Crippen LogP contribution in [0, 0.1) is 0 Å². The lowest BCUT2D eigenvalue weighted by molar-refractivity contribution is -0.136. The summed E-state index contributed by atoms with van der Waals surface area (Å²) in [6, 6.07) is 10.8. The van der Waals surface area contributed by atoms with Crippen molar-refractivity contribution in [2.45, 2.75) is 32.2 Å². The van der Waals surface area contributed by atoms with Crippen LogP contribution in [-0.2, 0) is 4.79 Å². The minimum Gasteiger partial charge on any atom is -0.493 e. The highest BCUT2D eigenvalue weighted by molar-refractivity contribution is 6.01. The van der Waals surface area contributed by atoms with Crippen molar-refractivity contribution < 1.29 is 23.8 Å². The molecule has 0 saturated carbocycles. The van der Waals surface area contributed by atoms with E-state index in [1.807, 2.05) is 53.1 Å². The molecule has 0 radical (unpaired) electrons. The Morgan fingerprint density at radius 3 is 2.14 bits per heavy atom. The molecule has 8 nitrogen and oxygen atoms in total. The van der Waals surface area contributed by atoms with Crippen LogP contribution in [-0.4, -0.2) is 87.1 Å². The first-order chi connectivity index (χ1) is 17.5. The van der Waals surface area contributed by atoms with Crippen molar-refractivity contribution in [3.05, 3.63) is 53.1 Å². The summed E-state index contributed by atoms with van der Waals surface area (Å²) in [6.45, 7) is 8.74. The smallest absolute Gasteiger partial charge is 0.254 e. The summed E-state index contributed by atoms with van der Waals surface area (Å²) in [6.07, 6.45) is 0.769. The van der Waals surface area contributed by atoms with Gasteiger partial charge in [-0.05, 0) is 42.3 Å². The maximum Gasteiger partial charge on any atom is 0.254 e. The van der Waals surface area contributed by atoms with E-state index in [9.17, 15) is 9.59 Å². The third-order valence-corrected chi connectivity index (χ3v) is 7.33. The van der Waals surface area contributed by atoms with E-state index in [-0.39, 0.29) is 11.8 Å². The summed E-state index contributed by atoms with van der Waals surface area (Å²) in [7, 11) is 4.70. The Kier molecular flexibility index (Phi) is 8.04. The highest BCUT2D eigenvalue weighted by Gasteiger charge is 2.46. The molecule has 2 unspecified atom stereocenters. The number of rotatable bonds is 8. The lowest BCUT2D eigenvalue weighted by atomic mass is 9.78. The predicted molar refractivity (Wildman–Crippen MR) is 138 cm³/mol. The Balaban J connectivity index is 1.87. The fraction of sp³-hybridized carbons (Fsp3) is 0.500. The topological polar surface area (TPSA) is 71.6 Å². The number of amides is 2. The van der Waals surface area contributed by atoms with Gasteiger partial charge in [-0.15, -0.1) is 0 Å². The zero-order chi connectivity index (χ0) is 25.8. The maximum atomic E-state index is 14.3. The second-order valence-corrected chi connectivity index (χ2v) is 9.23. The van der Waals surface area contributed by atoms with E-state index in [0.29, 0.717) is 42.4 Å². The highest BCUT2D eigenvalue weighted by Crippen LogP contribution is 2.48. The van der Waals surface area contributed by atoms with Gasteiger partial charge in [0.2, 0.25) is 11.7 Å². The molecule has 2 aromatic rings. The Labute approximate surface area is 213 Å². The summed E-state index contributed by atoms with van der Waals surface area (Å²) >= 11 is 0. The molecular weight excluding hydrogens is 458 g/mol. The van der Waals surface area contributed by atoms with E-state index >= 15 is 0 Å². The van der Waals surface area contributed by atoms with E-state index in [4.69, 9.17) is 14.2 Å². The molecule has 36 heavy (non-hydrogen) atoms. The molecule has 2 aliphatic rings. The van der Waals surface area contributed by atoms with Crippen molar-refractivity contribution in [3.8, 4) is 17.2 Å². The largest absolute Gasteiger partial charge is 0.493 e. The molecule has 0 aromatic heterocycles. The first-order valence-electron chi connectivity index (χ1n) is 12.7. The lowest BCUT2D eigenvalue weighted by Gasteiger charge is -2.44. The van der Waals surface area contributed by atoms with Gasteiger partial charge in [-0.25, -0.2) is 0 Å². The number of methoxy groups -OCH3 is 3. The number of carbonyl (C=O) groups excluding carboxylic acids is 2. The Bertz CT molecular complexity index is 1070. The van der Waals surface area contributed by atoms with Gasteiger partial charge in [-0.3, -0.25) is 9.59 Å². The third-order valence-electron chi connectivity index (χ3n) is 7.33. The molecule has 1 saturated heterocycles. The molecular formula is C28H37N3O5. The summed E-state index contributed by atoms with van der Waals surface area (Å²) in [5.41, 5.74) is 2.16. The van der Waals surface area contributed by atoms with Crippen molar-refractivity contribution in [2.24, 2.45) is 0 Å². The zero-order valence-electron chi connectivity index (χ0n) is 22.0. The normalized spacial score (nSPS) is 20.2. The zero-order valence-corrected chi connectivity index (χ0v) is 22.0. The molecule has 2 aromatic carbocycles. The number of fused-ring (bicyclic) bond motifs is 1. The molecule has 1 fully saturated rings. The average molecular weight is 496 g/mol. The van der Waals surface area contributed by atoms with E-state index in [2.05, 4.69) is 11.8 Å². The standard InChI is InChI=1S/C28H37N3O5/c1-6-12-31-25(19-17-22(34-3)26(36-5)23(18-19)35-4)24(20-10-8-9-11-21(20)27(31)32)28(33)30-15-13-29(7-2)14-16-30/h8-11,17-18,24-25H,6-7,12-16H2,1-5H3. The molecule has 194 valence electrons. The van der Waals surface area contributed by atoms with E-state index in [0.717, 1.165) is 37.2 Å². The molecule has 4 rings (SSSR count). The molecule has 0 N–H and O–H groups in total. The number of hydrogen-bond donors (Lipinski definition) is 0. The second-order valence-electron chi connectivity index (χ2n) is 9.23. The minimum atomic E-state index is -0.540. The van der Waals surface area contributed by atoms with Gasteiger partial charge in [0.05, 0.1) is 33.3 Å². The lowest BCUT2D eigenvalue weighted by Crippen LogP contribution is -2.53. The van der Waals surface area contributed by atoms with Gasteiger partial charge >= 0.3 is 0 Å². The van der Waals surface area contributed by atoms with Crippen molar-refractivity contribution in [3.63, 3.8) is 0 Å². The van der Waals surface area contributed by atoms with Crippen molar-refractivity contribution in [1.82, 2.24) is 14.7 Å². The van der Waals surface area contributed by atoms with Crippen LogP contribution in [0.15, 0.2) is 36.4 Å².